The van der Waals surface area contributed by atoms with E-state index in [-0.39, 0.29) is 170 Å². The van der Waals surface area contributed by atoms with Crippen LogP contribution in [-0.2, 0) is 67.4 Å². The Morgan fingerprint density at radius 3 is 1.09 bits per heavy atom. The number of amides is 4. The molecule has 0 aliphatic carbocycles. The number of Topliss-reactive ketones (excluding diaryl/α,β-unsaturated/α-hetero) is 2. The maximum atomic E-state index is 12.7. The van der Waals surface area contributed by atoms with Gasteiger partial charge in [-0.3, -0.25) is 9.59 Å². The molecule has 7 aliphatic heterocycles. The molecule has 4 aromatic heterocycles. The number of carboxylic acid groups (broad SMARTS) is 2. The van der Waals surface area contributed by atoms with Crippen molar-refractivity contribution in [3.05, 3.63) is 208 Å². The van der Waals surface area contributed by atoms with Crippen LogP contribution in [0.3, 0.4) is 0 Å². The summed E-state index contributed by atoms with van der Waals surface area (Å²) < 4.78 is 48.2. The number of carbonyl (C=O) groups is 10. The summed E-state index contributed by atoms with van der Waals surface area (Å²) in [4.78, 5) is 139. The zero-order valence-electron chi connectivity index (χ0n) is 76.1. The molecule has 6 atom stereocenters. The number of hydrogen-bond acceptors (Lipinski definition) is 29. The van der Waals surface area contributed by atoms with Crippen LogP contribution >= 0.6 is 170 Å². The van der Waals surface area contributed by atoms with Crippen LogP contribution in [0.5, 0.6) is 17.6 Å². The molecule has 778 valence electrons. The number of likely N-dealkylation sites (tertiary alicyclic amines) is 4. The Labute approximate surface area is 912 Å². The van der Waals surface area contributed by atoms with Gasteiger partial charge in [-0.1, -0.05) is 87.6 Å². The van der Waals surface area contributed by atoms with E-state index in [4.69, 9.17) is 44.7 Å². The van der Waals surface area contributed by atoms with E-state index in [0.717, 1.165) is 61.2 Å². The van der Waals surface area contributed by atoms with Crippen LogP contribution in [0.2, 0.25) is 0 Å². The quantitative estimate of drug-likeness (QED) is 0.00564. The van der Waals surface area contributed by atoms with Gasteiger partial charge in [0.15, 0.2) is 11.6 Å². The summed E-state index contributed by atoms with van der Waals surface area (Å²) in [7, 11) is 6.72. The van der Waals surface area contributed by atoms with Crippen LogP contribution in [-0.4, -0.2) is 303 Å². The molecule has 35 nitrogen and oxygen atoms in total. The zero-order chi connectivity index (χ0) is 101. The Morgan fingerprint density at radius 2 is 0.766 bits per heavy atom. The van der Waals surface area contributed by atoms with Gasteiger partial charge in [0.2, 0.25) is 23.6 Å². The molecule has 0 bridgehead atoms. The topological polar surface area (TPSA) is 466 Å². The molecule has 4 saturated heterocycles. The molecule has 11 heterocycles. The number of nitrogens with two attached hydrogens (primary N) is 1. The second-order valence-corrected chi connectivity index (χ2v) is 275. The molecule has 0 saturated carbocycles. The molecule has 14 rings (SSSR count). The van der Waals surface area contributed by atoms with E-state index >= 15 is 0 Å². The van der Waals surface area contributed by atoms with Crippen molar-refractivity contribution in [1.29, 1.82) is 0 Å². The summed E-state index contributed by atoms with van der Waals surface area (Å²) in [6, 6.07) is 35.8. The third-order valence-electron chi connectivity index (χ3n) is 23.0. The molecule has 141 heavy (non-hydrogen) atoms. The van der Waals surface area contributed by atoms with Crippen molar-refractivity contribution in [1.82, 2.24) is 54.5 Å². The van der Waals surface area contributed by atoms with E-state index in [9.17, 15) is 67.7 Å². The minimum absolute atomic E-state index is 0. The molecule has 2 radical (unpaired) electrons. The van der Waals surface area contributed by atoms with Gasteiger partial charge in [-0.05, 0) is 109 Å². The van der Waals surface area contributed by atoms with Crippen LogP contribution in [0.1, 0.15) is 167 Å². The van der Waals surface area contributed by atoms with Crippen LogP contribution in [0, 0.1) is 5.95 Å². The van der Waals surface area contributed by atoms with Crippen LogP contribution in [0.4, 0.5) is 23.6 Å². The number of ketones is 2. The fraction of sp³-hybridized carbons (Fsp3) is 0.473. The number of nitrogens with zero attached hydrogens (tertiary/aromatic N) is 10. The van der Waals surface area contributed by atoms with Gasteiger partial charge in [0, 0.05) is 202 Å². The fourth-order valence-corrected chi connectivity index (χ4v) is 1270. The van der Waals surface area contributed by atoms with Gasteiger partial charge in [0.25, 0.3) is 14.8 Å². The number of benzene rings is 3. The Kier molecular flexibility index (Phi) is 60.9. The smallest absolute Gasteiger partial charge is 0.337 e. The Balaban J connectivity index is 0.000000265. The number of fused-ring (bicyclic) bond motifs is 3. The number of ether oxygens (including phenoxy) is 7. The first kappa shape index (κ1) is 127. The Morgan fingerprint density at radius 1 is 0.447 bits per heavy atom. The normalized spacial score (nSPS) is 17.9. The van der Waals surface area contributed by atoms with Crippen molar-refractivity contribution < 1.29 is 116 Å². The minimum Gasteiger partial charge on any atom is -0.478 e. The number of rotatable bonds is 28. The van der Waals surface area contributed by atoms with Crippen molar-refractivity contribution in [2.75, 3.05) is 87.3 Å². The molecule has 0 unspecified atom stereocenters. The van der Waals surface area contributed by atoms with Crippen LogP contribution in [0.25, 0.3) is 0 Å². The summed E-state index contributed by atoms with van der Waals surface area (Å²) in [5.74, 6) is -1.66. The van der Waals surface area contributed by atoms with Crippen molar-refractivity contribution >= 4 is 245 Å². The molecule has 4 fully saturated rings. The van der Waals surface area contributed by atoms with E-state index < -0.39 is 36.2 Å². The van der Waals surface area contributed by atoms with E-state index in [1.54, 1.807) is 43.9 Å². The van der Waals surface area contributed by atoms with E-state index in [2.05, 4.69) is 183 Å². The number of hydrogen-bond donors (Lipinski definition) is 8. The van der Waals surface area contributed by atoms with Gasteiger partial charge in [-0.15, -0.1) is 0 Å². The average molecular weight is 3310 g/mol. The third kappa shape index (κ3) is 42.9. The number of aliphatic hydroxyl groups is 4. The number of carboxylic acids is 2. The largest absolute Gasteiger partial charge is 0.478 e. The average Bonchev–Trinajstić information content (AvgIpc) is 0.801. The number of aromatic carboxylic acids is 2. The molecule has 3 aromatic carbocycles. The second-order valence-electron chi connectivity index (χ2n) is 31.8. The van der Waals surface area contributed by atoms with Crippen molar-refractivity contribution in [3.63, 3.8) is 0 Å². The number of halogens is 13. The van der Waals surface area contributed by atoms with Crippen molar-refractivity contribution in [3.8, 4) is 17.6 Å². The number of piperidine rings is 4. The number of nitrogens with one attached hydrogen (secondary N) is 1. The fourth-order valence-electron chi connectivity index (χ4n) is 15.4. The van der Waals surface area contributed by atoms with Crippen molar-refractivity contribution in [2.24, 2.45) is 5.73 Å². The molecule has 9 N–H and O–H groups in total. The third-order valence-corrected chi connectivity index (χ3v) is 684. The summed E-state index contributed by atoms with van der Waals surface area (Å²) in [5, 5.41) is 61.0. The Hall–Kier alpha value is -3.14. The van der Waals surface area contributed by atoms with Gasteiger partial charge in [-0.2, -0.15) is 4.39 Å². The summed E-state index contributed by atoms with van der Waals surface area (Å²) >= 11 is 20.1. The summed E-state index contributed by atoms with van der Waals surface area (Å²) in [6.07, 6.45) is 11.9. The Bertz CT molecular complexity index is 5010. The molecule has 7 aliphatic rings. The molecular weight excluding hydrogens is 3190 g/mol. The molecular formula is C91H119B2FI12N12O23. The van der Waals surface area contributed by atoms with Gasteiger partial charge in [-0.25, -0.2) is 48.7 Å². The van der Waals surface area contributed by atoms with Gasteiger partial charge in [0.05, 0.1) is 76.4 Å². The number of aliphatic hydroxyl groups excluding tert-OH is 4. The number of pyridine rings is 4. The molecule has 0 spiro atoms. The van der Waals surface area contributed by atoms with E-state index in [1.807, 2.05) is 64.2 Å². The van der Waals surface area contributed by atoms with Gasteiger partial charge < -0.3 is 114 Å². The first-order chi connectivity index (χ1) is 66.7. The zero-order valence-corrected chi connectivity index (χ0v) is 102. The second kappa shape index (κ2) is 67.9. The molecule has 50 heteroatoms. The maximum absolute atomic E-state index is 12.7. The molecule has 7 aromatic rings. The van der Waals surface area contributed by atoms with E-state index in [0.29, 0.717) is 158 Å². The van der Waals surface area contributed by atoms with Crippen LogP contribution in [0.15, 0.2) is 146 Å². The standard InChI is InChI=1S/C26H31BN3O6.C25H31N3O5.C13H16N2O5.C12H16BN2O2.C7H13NO3.C6H4FNO2.2CH4.I12/c1-35-26(34)29-12-10-21(11-13-29)36-25-9-6-19(15-28-25)23(32)7-8-24(33)22-14-18-4-2-3-5-20(18)16-30(22)27-17-31;1-32-25(31)28-12-10-20(11-13-28)33-24-9-6-19(16-27-24)22(29)7-8-23(30)21-14-17-4-2-3-5-18(17)15-26-21;1-19-13(18)15-6-4-10(5-7-15)20-11-3-2-9(8-14-11)12(16)17;14-6-12(17)11-5-9-3-1-2-4-10(9)7-15(11)13-8-16;1-11-7(10)8-4-2-6(9)3-5-8;7-5-2-1-4(3-8-5)6(9)10;;;1-8(2)10(5)12(7)11(6)9(3)4/h2-6,9,15,17,21-22,24,33H,7-8,10-14,16H2,1H3;2-6,9,16,20-21,23,26,30H,7-8,10-15H2,1H3;2-3,8,10H,4-7H2,1H3,(H,16,17);1-4,8,11-12,17H,5-7,14H2;6,9H,2-5H2,1H3;1-3H,(H,9,10);2*1H4;/t22-,24+;21-,23+;;11-,12+;;;;;/m00.0...../s1. The minimum atomic E-state index is -1.10. The number of aromatic nitrogens is 4. The maximum Gasteiger partial charge on any atom is 0.337 e. The van der Waals surface area contributed by atoms with Crippen LogP contribution < -0.4 is 25.3 Å². The van der Waals surface area contributed by atoms with Gasteiger partial charge in [0.1, 0.15) is 18.3 Å². The first-order valence-electron chi connectivity index (χ1n) is 43.7. The first-order valence-corrected chi connectivity index (χ1v) is 113. The summed E-state index contributed by atoms with van der Waals surface area (Å²) in [5.41, 5.74) is 13.8. The summed E-state index contributed by atoms with van der Waals surface area (Å²) in [6.45, 7) is 6.78. The molecule has 4 amide bonds. The van der Waals surface area contributed by atoms with Crippen molar-refractivity contribution in [2.45, 2.75) is 192 Å². The number of carbonyl (C=O) groups excluding carboxylic acids is 8. The number of methoxy groups -OCH3 is 4. The predicted molar refractivity (Wildman–Crippen MR) is 644 cm³/mol. The SMILES string of the molecule is C.C.COC(=O)N1CCC(O)CC1.COC(=O)N1CCC(Oc2ccc(C(=O)CC[C@@H](O)[C@@H]3Cc4ccccc4CN3)cn2)CC1.COC(=O)N1CCC(Oc2ccc(C(=O)CC[C@@H](O)[C@@H]3Cc4ccccc4CN3[B]C=O)cn2)CC1.COC(=O)N1CCC(Oc2ccc(C(=O)O)cn2)CC1.II(I)I(I)I(I)I(I)I(I)I.NC[C@@H](O)[C@@H]1Cc2ccccc2CN1[B]C=O.O=C(O)c1ccc(F)nc1. The predicted octanol–water partition coefficient (Wildman–Crippen LogP) is 18.9. The monoisotopic (exact) mass is 3310 g/mol. The van der Waals surface area contributed by atoms with E-state index in [1.165, 1.54) is 96.2 Å². The van der Waals surface area contributed by atoms with Gasteiger partial charge >= 0.3 is 206 Å².